The number of aromatic carboxylic acids is 1. The van der Waals surface area contributed by atoms with Crippen molar-refractivity contribution in [1.82, 2.24) is 4.90 Å². The summed E-state index contributed by atoms with van der Waals surface area (Å²) >= 11 is 1.40. The molecule has 0 bridgehead atoms. The van der Waals surface area contributed by atoms with E-state index in [0.717, 1.165) is 29.8 Å². The summed E-state index contributed by atoms with van der Waals surface area (Å²) in [7, 11) is 0. The lowest BCUT2D eigenvalue weighted by Crippen LogP contribution is -2.34. The van der Waals surface area contributed by atoms with Crippen LogP contribution in [0.1, 0.15) is 35.7 Å². The minimum Gasteiger partial charge on any atom is -0.478 e. The van der Waals surface area contributed by atoms with Gasteiger partial charge in [-0.3, -0.25) is 4.79 Å². The standard InChI is InChI=1S/C15H19NO3S/c1-3-16(11-5-6-11)14(17)9-20-12-7-4-10(2)13(8-12)15(18)19/h4,7-8,11H,3,5-6,9H2,1-2H3,(H,18,19). The zero-order chi connectivity index (χ0) is 14.7. The van der Waals surface area contributed by atoms with Gasteiger partial charge in [-0.2, -0.15) is 0 Å². The van der Waals surface area contributed by atoms with Crippen molar-refractivity contribution in [1.29, 1.82) is 0 Å². The highest BCUT2D eigenvalue weighted by Gasteiger charge is 2.31. The molecule has 1 aliphatic rings. The Balaban J connectivity index is 1.98. The quantitative estimate of drug-likeness (QED) is 0.819. The van der Waals surface area contributed by atoms with Crippen LogP contribution in [0.3, 0.4) is 0 Å². The second kappa shape index (κ2) is 6.31. The Hall–Kier alpha value is -1.49. The van der Waals surface area contributed by atoms with Gasteiger partial charge in [0.2, 0.25) is 5.91 Å². The van der Waals surface area contributed by atoms with E-state index in [1.54, 1.807) is 19.1 Å². The highest BCUT2D eigenvalue weighted by molar-refractivity contribution is 8.00. The van der Waals surface area contributed by atoms with Gasteiger partial charge in [0, 0.05) is 17.5 Å². The second-order valence-electron chi connectivity index (χ2n) is 4.98. The van der Waals surface area contributed by atoms with Crippen molar-refractivity contribution < 1.29 is 14.7 Å². The lowest BCUT2D eigenvalue weighted by molar-refractivity contribution is -0.128. The molecule has 0 aliphatic heterocycles. The largest absolute Gasteiger partial charge is 0.478 e. The van der Waals surface area contributed by atoms with Gasteiger partial charge in [0.1, 0.15) is 0 Å². The summed E-state index contributed by atoms with van der Waals surface area (Å²) in [6, 6.07) is 5.73. The number of carbonyl (C=O) groups excluding carboxylic acids is 1. The summed E-state index contributed by atoms with van der Waals surface area (Å²) in [6.45, 7) is 4.52. The van der Waals surface area contributed by atoms with Gasteiger partial charge in [0.25, 0.3) is 0 Å². The van der Waals surface area contributed by atoms with Crippen LogP contribution in [0.5, 0.6) is 0 Å². The molecule has 1 N–H and O–H groups in total. The molecule has 0 heterocycles. The van der Waals surface area contributed by atoms with E-state index in [1.165, 1.54) is 11.8 Å². The van der Waals surface area contributed by atoms with Crippen molar-refractivity contribution in [2.75, 3.05) is 12.3 Å². The second-order valence-corrected chi connectivity index (χ2v) is 6.03. The fraction of sp³-hybridized carbons (Fsp3) is 0.467. The van der Waals surface area contributed by atoms with E-state index in [4.69, 9.17) is 5.11 Å². The lowest BCUT2D eigenvalue weighted by Gasteiger charge is -2.20. The molecule has 5 heteroatoms. The Morgan fingerprint density at radius 3 is 2.65 bits per heavy atom. The van der Waals surface area contributed by atoms with Gasteiger partial charge in [-0.05, 0) is 44.4 Å². The number of carboxylic acids is 1. The molecule has 4 nitrogen and oxygen atoms in total. The van der Waals surface area contributed by atoms with Gasteiger partial charge in [0.05, 0.1) is 11.3 Å². The van der Waals surface area contributed by atoms with Crippen LogP contribution in [0.25, 0.3) is 0 Å². The monoisotopic (exact) mass is 293 g/mol. The Bertz CT molecular complexity index is 526. The molecule has 2 rings (SSSR count). The highest BCUT2D eigenvalue weighted by atomic mass is 32.2. The number of benzene rings is 1. The fourth-order valence-electron chi connectivity index (χ4n) is 2.17. The molecule has 0 atom stereocenters. The van der Waals surface area contributed by atoms with E-state index in [0.29, 0.717) is 17.4 Å². The molecule has 1 saturated carbocycles. The van der Waals surface area contributed by atoms with Crippen molar-refractivity contribution >= 4 is 23.6 Å². The number of hydrogen-bond acceptors (Lipinski definition) is 3. The van der Waals surface area contributed by atoms with Crippen molar-refractivity contribution in [2.24, 2.45) is 0 Å². The number of carboxylic acid groups (broad SMARTS) is 1. The van der Waals surface area contributed by atoms with Crippen LogP contribution >= 0.6 is 11.8 Å². The average molecular weight is 293 g/mol. The van der Waals surface area contributed by atoms with Crippen LogP contribution in [-0.2, 0) is 4.79 Å². The fourth-order valence-corrected chi connectivity index (χ4v) is 3.00. The van der Waals surface area contributed by atoms with Gasteiger partial charge in [-0.1, -0.05) is 6.07 Å². The van der Waals surface area contributed by atoms with E-state index < -0.39 is 5.97 Å². The maximum absolute atomic E-state index is 12.1. The third kappa shape index (κ3) is 3.54. The molecule has 1 amide bonds. The zero-order valence-corrected chi connectivity index (χ0v) is 12.6. The number of aryl methyl sites for hydroxylation is 1. The smallest absolute Gasteiger partial charge is 0.335 e. The number of hydrogen-bond donors (Lipinski definition) is 1. The van der Waals surface area contributed by atoms with E-state index in [2.05, 4.69) is 0 Å². The molecular formula is C15H19NO3S. The Morgan fingerprint density at radius 1 is 1.40 bits per heavy atom. The summed E-state index contributed by atoms with van der Waals surface area (Å²) in [5, 5.41) is 9.09. The average Bonchev–Trinajstić information content (AvgIpc) is 3.23. The molecule has 1 fully saturated rings. The van der Waals surface area contributed by atoms with Gasteiger partial charge >= 0.3 is 5.97 Å². The number of amides is 1. The first kappa shape index (κ1) is 14.9. The number of thioether (sulfide) groups is 1. The van der Waals surface area contributed by atoms with E-state index in [-0.39, 0.29) is 5.91 Å². The maximum Gasteiger partial charge on any atom is 0.335 e. The first-order valence-corrected chi connectivity index (χ1v) is 7.77. The van der Waals surface area contributed by atoms with Crippen LogP contribution in [0.4, 0.5) is 0 Å². The van der Waals surface area contributed by atoms with Crippen molar-refractivity contribution in [3.8, 4) is 0 Å². The Labute approximate surface area is 123 Å². The molecule has 1 aliphatic carbocycles. The van der Waals surface area contributed by atoms with Crippen LogP contribution in [-0.4, -0.2) is 40.2 Å². The molecule has 1 aromatic rings. The minimum atomic E-state index is -0.926. The lowest BCUT2D eigenvalue weighted by atomic mass is 10.1. The molecule has 0 spiro atoms. The number of rotatable bonds is 6. The number of nitrogens with zero attached hydrogens (tertiary/aromatic N) is 1. The molecule has 0 radical (unpaired) electrons. The highest BCUT2D eigenvalue weighted by Crippen LogP contribution is 2.28. The molecular weight excluding hydrogens is 274 g/mol. The van der Waals surface area contributed by atoms with Gasteiger partial charge < -0.3 is 10.0 Å². The Morgan fingerprint density at radius 2 is 2.10 bits per heavy atom. The SMILES string of the molecule is CCN(C(=O)CSc1ccc(C)c(C(=O)O)c1)C1CC1. The molecule has 0 aromatic heterocycles. The van der Waals surface area contributed by atoms with E-state index in [9.17, 15) is 9.59 Å². The van der Waals surface area contributed by atoms with Gasteiger partial charge in [-0.15, -0.1) is 11.8 Å². The zero-order valence-electron chi connectivity index (χ0n) is 11.8. The first-order chi connectivity index (χ1) is 9.52. The molecule has 108 valence electrons. The number of carbonyl (C=O) groups is 2. The Kier molecular flexibility index (Phi) is 4.70. The molecule has 20 heavy (non-hydrogen) atoms. The van der Waals surface area contributed by atoms with Crippen molar-refractivity contribution in [3.05, 3.63) is 29.3 Å². The third-order valence-electron chi connectivity index (χ3n) is 3.45. The van der Waals surface area contributed by atoms with Crippen molar-refractivity contribution in [2.45, 2.75) is 37.6 Å². The molecule has 1 aromatic carbocycles. The first-order valence-electron chi connectivity index (χ1n) is 6.79. The van der Waals surface area contributed by atoms with Crippen LogP contribution in [0.15, 0.2) is 23.1 Å². The minimum absolute atomic E-state index is 0.137. The summed E-state index contributed by atoms with van der Waals surface area (Å²) in [6.07, 6.45) is 2.22. The van der Waals surface area contributed by atoms with Crippen LogP contribution < -0.4 is 0 Å². The summed E-state index contributed by atoms with van der Waals surface area (Å²) in [5.41, 5.74) is 1.04. The van der Waals surface area contributed by atoms with Crippen LogP contribution in [0.2, 0.25) is 0 Å². The maximum atomic E-state index is 12.1. The molecule has 0 unspecified atom stereocenters. The van der Waals surface area contributed by atoms with E-state index in [1.807, 2.05) is 17.9 Å². The summed E-state index contributed by atoms with van der Waals surface area (Å²) in [4.78, 5) is 25.9. The summed E-state index contributed by atoms with van der Waals surface area (Å²) in [5.74, 6) is -0.422. The van der Waals surface area contributed by atoms with Crippen molar-refractivity contribution in [3.63, 3.8) is 0 Å². The van der Waals surface area contributed by atoms with E-state index >= 15 is 0 Å². The van der Waals surface area contributed by atoms with Gasteiger partial charge in [0.15, 0.2) is 0 Å². The molecule has 0 saturated heterocycles. The normalized spacial score (nSPS) is 14.1. The topological polar surface area (TPSA) is 57.6 Å². The van der Waals surface area contributed by atoms with Crippen LogP contribution in [0, 0.1) is 6.92 Å². The predicted molar refractivity (Wildman–Crippen MR) is 79.3 cm³/mol. The third-order valence-corrected chi connectivity index (χ3v) is 4.43. The predicted octanol–water partition coefficient (Wildman–Crippen LogP) is 2.80. The van der Waals surface area contributed by atoms with Gasteiger partial charge in [-0.25, -0.2) is 4.79 Å². The summed E-state index contributed by atoms with van der Waals surface area (Å²) < 4.78 is 0.